The maximum Gasteiger partial charge on any atom is 0.227 e. The summed E-state index contributed by atoms with van der Waals surface area (Å²) in [4.78, 5) is 14.1. The predicted molar refractivity (Wildman–Crippen MR) is 70.7 cm³/mol. The van der Waals surface area contributed by atoms with Crippen molar-refractivity contribution in [1.82, 2.24) is 4.90 Å². The highest BCUT2D eigenvalue weighted by Gasteiger charge is 2.25. The van der Waals surface area contributed by atoms with Crippen LogP contribution < -0.4 is 5.73 Å². The van der Waals surface area contributed by atoms with Crippen molar-refractivity contribution in [2.45, 2.75) is 32.7 Å². The van der Waals surface area contributed by atoms with Crippen molar-refractivity contribution in [3.63, 3.8) is 0 Å². The molecular weight excluding hydrogens is 212 g/mol. The third kappa shape index (κ3) is 4.19. The van der Waals surface area contributed by atoms with Crippen molar-refractivity contribution >= 4 is 5.91 Å². The Hall–Kier alpha value is -1.35. The van der Waals surface area contributed by atoms with E-state index in [1.54, 1.807) is 0 Å². The fraction of sp³-hybridized carbons (Fsp3) is 0.500. The minimum absolute atomic E-state index is 0.133. The third-order valence-corrected chi connectivity index (χ3v) is 2.66. The zero-order valence-corrected chi connectivity index (χ0v) is 10.9. The van der Waals surface area contributed by atoms with Crippen LogP contribution in [0, 0.1) is 0 Å². The van der Waals surface area contributed by atoms with E-state index in [-0.39, 0.29) is 11.4 Å². The molecule has 0 bridgehead atoms. The Morgan fingerprint density at radius 3 is 2.29 bits per heavy atom. The number of amides is 1. The van der Waals surface area contributed by atoms with Crippen LogP contribution in [0.2, 0.25) is 0 Å². The van der Waals surface area contributed by atoms with E-state index in [1.165, 1.54) is 0 Å². The summed E-state index contributed by atoms with van der Waals surface area (Å²) in [6, 6.07) is 9.80. The Morgan fingerprint density at radius 2 is 1.82 bits per heavy atom. The molecule has 1 aromatic carbocycles. The number of nitrogens with zero attached hydrogens (tertiary/aromatic N) is 1. The summed E-state index contributed by atoms with van der Waals surface area (Å²) in [5, 5.41) is 0. The zero-order chi connectivity index (χ0) is 12.9. The van der Waals surface area contributed by atoms with Gasteiger partial charge in [0, 0.05) is 18.6 Å². The first-order valence-electron chi connectivity index (χ1n) is 5.99. The molecule has 3 nitrogen and oxygen atoms in total. The lowest BCUT2D eigenvalue weighted by Gasteiger charge is -2.35. The van der Waals surface area contributed by atoms with Gasteiger partial charge in [-0.15, -0.1) is 0 Å². The Balaban J connectivity index is 2.73. The number of nitrogens with two attached hydrogens (primary N) is 1. The van der Waals surface area contributed by atoms with Crippen LogP contribution in [0.15, 0.2) is 30.3 Å². The van der Waals surface area contributed by atoms with Crippen LogP contribution in [-0.4, -0.2) is 29.4 Å². The molecule has 1 aromatic rings. The summed E-state index contributed by atoms with van der Waals surface area (Å²) in [5.41, 5.74) is 6.43. The van der Waals surface area contributed by atoms with E-state index >= 15 is 0 Å². The minimum Gasteiger partial charge on any atom is -0.336 e. The smallest absolute Gasteiger partial charge is 0.227 e. The number of hydrogen-bond acceptors (Lipinski definition) is 2. The Morgan fingerprint density at radius 1 is 1.24 bits per heavy atom. The zero-order valence-electron chi connectivity index (χ0n) is 10.9. The highest BCUT2D eigenvalue weighted by molar-refractivity contribution is 5.79. The fourth-order valence-electron chi connectivity index (χ4n) is 1.83. The van der Waals surface area contributed by atoms with Gasteiger partial charge >= 0.3 is 0 Å². The number of benzene rings is 1. The standard InChI is InChI=1S/C14H22N2O/c1-14(2,3)16(10-9-15)13(17)11-12-7-5-4-6-8-12/h4-8H,9-11,15H2,1-3H3. The SMILES string of the molecule is CC(C)(C)N(CCN)C(=O)Cc1ccccc1. The Labute approximate surface area is 104 Å². The Bertz CT molecular complexity index is 354. The molecule has 0 aromatic heterocycles. The maximum absolute atomic E-state index is 12.2. The Kier molecular flexibility index (Phi) is 4.70. The molecule has 2 N–H and O–H groups in total. The normalized spacial score (nSPS) is 11.3. The summed E-state index contributed by atoms with van der Waals surface area (Å²) in [5.74, 6) is 0.133. The lowest BCUT2D eigenvalue weighted by Crippen LogP contribution is -2.48. The molecule has 0 radical (unpaired) electrons. The van der Waals surface area contributed by atoms with Crippen molar-refractivity contribution in [2.75, 3.05) is 13.1 Å². The van der Waals surface area contributed by atoms with Crippen LogP contribution in [0.4, 0.5) is 0 Å². The average Bonchev–Trinajstić information content (AvgIpc) is 2.25. The van der Waals surface area contributed by atoms with Gasteiger partial charge in [0.1, 0.15) is 0 Å². The second kappa shape index (κ2) is 5.82. The molecule has 0 unspecified atom stereocenters. The summed E-state index contributed by atoms with van der Waals surface area (Å²) < 4.78 is 0. The topological polar surface area (TPSA) is 46.3 Å². The second-order valence-electron chi connectivity index (χ2n) is 5.17. The first kappa shape index (κ1) is 13.7. The van der Waals surface area contributed by atoms with Crippen LogP contribution in [-0.2, 0) is 11.2 Å². The maximum atomic E-state index is 12.2. The quantitative estimate of drug-likeness (QED) is 0.863. The minimum atomic E-state index is -0.175. The van der Waals surface area contributed by atoms with Crippen LogP contribution in [0.3, 0.4) is 0 Å². The van der Waals surface area contributed by atoms with Gasteiger partial charge in [0.15, 0.2) is 0 Å². The summed E-state index contributed by atoms with van der Waals surface area (Å²) in [6.07, 6.45) is 0.443. The molecule has 0 heterocycles. The van der Waals surface area contributed by atoms with E-state index in [0.29, 0.717) is 19.5 Å². The van der Waals surface area contributed by atoms with Gasteiger partial charge in [0.2, 0.25) is 5.91 Å². The summed E-state index contributed by atoms with van der Waals surface area (Å²) in [6.45, 7) is 7.20. The lowest BCUT2D eigenvalue weighted by atomic mass is 10.0. The molecule has 0 spiro atoms. The first-order chi connectivity index (χ1) is 7.95. The van der Waals surface area contributed by atoms with Crippen molar-refractivity contribution in [2.24, 2.45) is 5.73 Å². The van der Waals surface area contributed by atoms with Gasteiger partial charge < -0.3 is 10.6 Å². The van der Waals surface area contributed by atoms with Gasteiger partial charge in [-0.25, -0.2) is 0 Å². The molecule has 0 atom stereocenters. The van der Waals surface area contributed by atoms with Crippen molar-refractivity contribution in [1.29, 1.82) is 0 Å². The molecule has 0 saturated carbocycles. The third-order valence-electron chi connectivity index (χ3n) is 2.66. The van der Waals surface area contributed by atoms with Gasteiger partial charge in [0.05, 0.1) is 6.42 Å². The monoisotopic (exact) mass is 234 g/mol. The van der Waals surface area contributed by atoms with Crippen molar-refractivity contribution in [3.05, 3.63) is 35.9 Å². The summed E-state index contributed by atoms with van der Waals surface area (Å²) in [7, 11) is 0. The molecule has 0 fully saturated rings. The van der Waals surface area contributed by atoms with Crippen LogP contribution >= 0.6 is 0 Å². The van der Waals surface area contributed by atoms with E-state index in [1.807, 2.05) is 56.0 Å². The molecule has 0 aliphatic heterocycles. The van der Waals surface area contributed by atoms with Crippen LogP contribution in [0.25, 0.3) is 0 Å². The van der Waals surface area contributed by atoms with Crippen LogP contribution in [0.5, 0.6) is 0 Å². The molecule has 0 saturated heterocycles. The average molecular weight is 234 g/mol. The number of rotatable bonds is 4. The van der Waals surface area contributed by atoms with Gasteiger partial charge in [-0.1, -0.05) is 30.3 Å². The van der Waals surface area contributed by atoms with E-state index in [4.69, 9.17) is 5.73 Å². The van der Waals surface area contributed by atoms with Gasteiger partial charge in [-0.3, -0.25) is 4.79 Å². The van der Waals surface area contributed by atoms with E-state index in [9.17, 15) is 4.79 Å². The fourth-order valence-corrected chi connectivity index (χ4v) is 1.83. The first-order valence-corrected chi connectivity index (χ1v) is 5.99. The molecule has 17 heavy (non-hydrogen) atoms. The molecule has 0 aliphatic rings. The van der Waals surface area contributed by atoms with Gasteiger partial charge in [0.25, 0.3) is 0 Å². The summed E-state index contributed by atoms with van der Waals surface area (Å²) >= 11 is 0. The molecular formula is C14H22N2O. The largest absolute Gasteiger partial charge is 0.336 e. The van der Waals surface area contributed by atoms with Gasteiger partial charge in [-0.05, 0) is 26.3 Å². The second-order valence-corrected chi connectivity index (χ2v) is 5.17. The van der Waals surface area contributed by atoms with E-state index < -0.39 is 0 Å². The number of hydrogen-bond donors (Lipinski definition) is 1. The molecule has 3 heteroatoms. The van der Waals surface area contributed by atoms with Crippen molar-refractivity contribution in [3.8, 4) is 0 Å². The van der Waals surface area contributed by atoms with Crippen molar-refractivity contribution < 1.29 is 4.79 Å². The molecule has 94 valence electrons. The number of carbonyl (C=O) groups is 1. The van der Waals surface area contributed by atoms with Crippen LogP contribution in [0.1, 0.15) is 26.3 Å². The van der Waals surface area contributed by atoms with E-state index in [0.717, 1.165) is 5.56 Å². The number of carbonyl (C=O) groups excluding carboxylic acids is 1. The lowest BCUT2D eigenvalue weighted by molar-refractivity contribution is -0.135. The molecule has 1 amide bonds. The van der Waals surface area contributed by atoms with E-state index in [2.05, 4.69) is 0 Å². The van der Waals surface area contributed by atoms with Gasteiger partial charge in [-0.2, -0.15) is 0 Å². The predicted octanol–water partition coefficient (Wildman–Crippen LogP) is 1.81. The highest BCUT2D eigenvalue weighted by atomic mass is 16.2. The highest BCUT2D eigenvalue weighted by Crippen LogP contribution is 2.14. The molecule has 0 aliphatic carbocycles. The molecule has 1 rings (SSSR count).